The summed E-state index contributed by atoms with van der Waals surface area (Å²) < 4.78 is 26.1. The summed E-state index contributed by atoms with van der Waals surface area (Å²) in [6.07, 6.45) is 4.68. The molecule has 0 spiro atoms. The van der Waals surface area contributed by atoms with E-state index in [-0.39, 0.29) is 12.0 Å². The zero-order chi connectivity index (χ0) is 17.1. The second-order valence-electron chi connectivity index (χ2n) is 6.96. The first kappa shape index (κ1) is 18.6. The molecule has 0 radical (unpaired) electrons. The third-order valence-corrected chi connectivity index (χ3v) is 5.44. The van der Waals surface area contributed by atoms with Gasteiger partial charge in [-0.2, -0.15) is 4.72 Å². The Morgan fingerprint density at radius 2 is 1.74 bits per heavy atom. The van der Waals surface area contributed by atoms with Crippen molar-refractivity contribution >= 4 is 15.9 Å². The summed E-state index contributed by atoms with van der Waals surface area (Å²) in [5.41, 5.74) is -0.960. The summed E-state index contributed by atoms with van der Waals surface area (Å²) in [7, 11) is -3.43. The number of carbonyl (C=O) groups is 1. The summed E-state index contributed by atoms with van der Waals surface area (Å²) in [5.74, 6) is -0.0840. The smallest absolute Gasteiger partial charge is 0.243 e. The highest BCUT2D eigenvalue weighted by Gasteiger charge is 2.44. The molecule has 0 bridgehead atoms. The molecule has 2 fully saturated rings. The summed E-state index contributed by atoms with van der Waals surface area (Å²) in [4.78, 5) is 16.9. The Morgan fingerprint density at radius 3 is 2.22 bits per heavy atom. The van der Waals surface area contributed by atoms with Crippen molar-refractivity contribution < 1.29 is 18.3 Å². The minimum absolute atomic E-state index is 0.0840. The Morgan fingerprint density at radius 1 is 1.17 bits per heavy atom. The number of nitrogens with one attached hydrogen (secondary N) is 1. The fraction of sp³-hybridized carbons (Fsp3) is 0.933. The number of hydrogen-bond acceptors (Lipinski definition) is 5. The van der Waals surface area contributed by atoms with Crippen molar-refractivity contribution in [2.75, 3.05) is 39.0 Å². The molecule has 1 atom stereocenters. The lowest BCUT2D eigenvalue weighted by Crippen LogP contribution is -2.63. The average molecular weight is 347 g/mol. The van der Waals surface area contributed by atoms with Crippen LogP contribution in [-0.4, -0.2) is 79.9 Å². The van der Waals surface area contributed by atoms with E-state index in [1.54, 1.807) is 11.8 Å². The number of aliphatic hydroxyl groups is 1. The van der Waals surface area contributed by atoms with Crippen LogP contribution in [0.1, 0.15) is 39.0 Å². The first-order valence-corrected chi connectivity index (χ1v) is 10.3. The van der Waals surface area contributed by atoms with Crippen LogP contribution in [0.4, 0.5) is 0 Å². The van der Waals surface area contributed by atoms with Crippen LogP contribution in [0.15, 0.2) is 0 Å². The summed E-state index contributed by atoms with van der Waals surface area (Å²) in [5, 5.41) is 9.45. The molecule has 0 aromatic carbocycles. The molecule has 1 saturated heterocycles. The Balaban J connectivity index is 2.04. The van der Waals surface area contributed by atoms with Gasteiger partial charge in [0, 0.05) is 32.7 Å². The highest BCUT2D eigenvalue weighted by Crippen LogP contribution is 2.31. The highest BCUT2D eigenvalue weighted by atomic mass is 32.2. The van der Waals surface area contributed by atoms with Crippen LogP contribution in [0, 0.1) is 0 Å². The minimum Gasteiger partial charge on any atom is -0.392 e. The van der Waals surface area contributed by atoms with Crippen molar-refractivity contribution in [1.29, 1.82) is 0 Å². The van der Waals surface area contributed by atoms with E-state index < -0.39 is 15.6 Å². The molecule has 1 amide bonds. The molecule has 1 saturated carbocycles. The van der Waals surface area contributed by atoms with Gasteiger partial charge in [0.25, 0.3) is 0 Å². The van der Waals surface area contributed by atoms with Gasteiger partial charge in [0.15, 0.2) is 0 Å². The van der Waals surface area contributed by atoms with Crippen LogP contribution in [-0.2, 0) is 14.8 Å². The first-order chi connectivity index (χ1) is 10.7. The van der Waals surface area contributed by atoms with Gasteiger partial charge in [0.05, 0.1) is 12.4 Å². The van der Waals surface area contributed by atoms with Gasteiger partial charge in [0.1, 0.15) is 5.54 Å². The quantitative estimate of drug-likeness (QED) is 0.717. The van der Waals surface area contributed by atoms with E-state index in [1.807, 2.05) is 0 Å². The van der Waals surface area contributed by atoms with Gasteiger partial charge in [-0.1, -0.05) is 19.3 Å². The summed E-state index contributed by atoms with van der Waals surface area (Å²) >= 11 is 0. The minimum atomic E-state index is -3.43. The van der Waals surface area contributed by atoms with Crippen LogP contribution in [0.25, 0.3) is 0 Å². The lowest BCUT2D eigenvalue weighted by molar-refractivity contribution is -0.141. The Labute approximate surface area is 139 Å². The van der Waals surface area contributed by atoms with Crippen LogP contribution < -0.4 is 4.72 Å². The Kier molecular flexibility index (Phi) is 6.05. The second-order valence-corrected chi connectivity index (χ2v) is 8.71. The molecule has 134 valence electrons. The van der Waals surface area contributed by atoms with E-state index in [2.05, 4.69) is 9.62 Å². The van der Waals surface area contributed by atoms with Crippen LogP contribution in [0.3, 0.4) is 0 Å². The summed E-state index contributed by atoms with van der Waals surface area (Å²) in [6, 6.07) is 0. The molecule has 23 heavy (non-hydrogen) atoms. The Bertz CT molecular complexity index is 507. The molecule has 2 aliphatic rings. The van der Waals surface area contributed by atoms with Crippen LogP contribution in [0.2, 0.25) is 0 Å². The lowest BCUT2D eigenvalue weighted by Gasteiger charge is -2.43. The van der Waals surface area contributed by atoms with E-state index in [1.165, 1.54) is 0 Å². The highest BCUT2D eigenvalue weighted by molar-refractivity contribution is 7.88. The number of nitrogens with zero attached hydrogens (tertiary/aromatic N) is 2. The molecule has 2 N–H and O–H groups in total. The second kappa shape index (κ2) is 7.46. The third-order valence-electron chi connectivity index (χ3n) is 4.68. The van der Waals surface area contributed by atoms with Crippen LogP contribution in [0.5, 0.6) is 0 Å². The SMILES string of the molecule is C[C@@H](O)CN1CCN(C(=O)C2(NS(C)(=O)=O)CCCCC2)CC1. The van der Waals surface area contributed by atoms with Gasteiger partial charge in [0.2, 0.25) is 15.9 Å². The predicted molar refractivity (Wildman–Crippen MR) is 88.5 cm³/mol. The fourth-order valence-electron chi connectivity index (χ4n) is 3.68. The van der Waals surface area contributed by atoms with Crippen molar-refractivity contribution in [3.63, 3.8) is 0 Å². The molecule has 0 unspecified atom stereocenters. The lowest BCUT2D eigenvalue weighted by atomic mass is 9.81. The van der Waals surface area contributed by atoms with Gasteiger partial charge in [-0.3, -0.25) is 9.69 Å². The van der Waals surface area contributed by atoms with E-state index in [9.17, 15) is 18.3 Å². The maximum absolute atomic E-state index is 13.0. The zero-order valence-electron chi connectivity index (χ0n) is 14.1. The number of β-amino-alcohol motifs (C(OH)–C–C–N with tert-alkyl or cyclic N) is 1. The molecule has 1 aliphatic heterocycles. The van der Waals surface area contributed by atoms with E-state index in [0.29, 0.717) is 45.6 Å². The maximum atomic E-state index is 13.0. The zero-order valence-corrected chi connectivity index (χ0v) is 14.9. The molecule has 7 nitrogen and oxygen atoms in total. The van der Waals surface area contributed by atoms with Gasteiger partial charge < -0.3 is 10.0 Å². The average Bonchev–Trinajstić information content (AvgIpc) is 2.46. The van der Waals surface area contributed by atoms with Gasteiger partial charge in [-0.15, -0.1) is 0 Å². The molecule has 0 aromatic heterocycles. The van der Waals surface area contributed by atoms with Crippen molar-refractivity contribution in [1.82, 2.24) is 14.5 Å². The Hall–Kier alpha value is -0.700. The largest absolute Gasteiger partial charge is 0.392 e. The molecular weight excluding hydrogens is 318 g/mol. The molecule has 2 rings (SSSR count). The van der Waals surface area contributed by atoms with Crippen molar-refractivity contribution in [2.45, 2.75) is 50.7 Å². The standard InChI is InChI=1S/C15H29N3O4S/c1-13(19)12-17-8-10-18(11-9-17)14(20)15(16-23(2,21)22)6-4-3-5-7-15/h13,16,19H,3-12H2,1-2H3/t13-/m1/s1. The number of sulfonamides is 1. The normalized spacial score (nSPS) is 24.4. The van der Waals surface area contributed by atoms with Crippen molar-refractivity contribution in [3.8, 4) is 0 Å². The summed E-state index contributed by atoms with van der Waals surface area (Å²) in [6.45, 7) is 4.95. The molecule has 8 heteroatoms. The number of carbonyl (C=O) groups excluding carboxylic acids is 1. The molecular formula is C15H29N3O4S. The van der Waals surface area contributed by atoms with Crippen LogP contribution >= 0.6 is 0 Å². The van der Waals surface area contributed by atoms with Crippen molar-refractivity contribution in [3.05, 3.63) is 0 Å². The van der Waals surface area contributed by atoms with E-state index in [0.717, 1.165) is 25.5 Å². The molecule has 1 aliphatic carbocycles. The van der Waals surface area contributed by atoms with Gasteiger partial charge in [-0.25, -0.2) is 8.42 Å². The molecule has 0 aromatic rings. The number of piperazine rings is 1. The topological polar surface area (TPSA) is 89.9 Å². The third kappa shape index (κ3) is 5.14. The first-order valence-electron chi connectivity index (χ1n) is 8.41. The van der Waals surface area contributed by atoms with E-state index >= 15 is 0 Å². The number of hydrogen-bond donors (Lipinski definition) is 2. The van der Waals surface area contributed by atoms with Gasteiger partial charge >= 0.3 is 0 Å². The molecule has 1 heterocycles. The monoisotopic (exact) mass is 347 g/mol. The maximum Gasteiger partial charge on any atom is 0.243 e. The number of amides is 1. The van der Waals surface area contributed by atoms with Gasteiger partial charge in [-0.05, 0) is 19.8 Å². The van der Waals surface area contributed by atoms with E-state index in [4.69, 9.17) is 0 Å². The predicted octanol–water partition coefficient (Wildman–Crippen LogP) is -0.236. The fourth-order valence-corrected chi connectivity index (χ4v) is 4.68. The number of rotatable bonds is 5. The van der Waals surface area contributed by atoms with Crippen molar-refractivity contribution in [2.24, 2.45) is 0 Å². The number of aliphatic hydroxyl groups excluding tert-OH is 1.